The zero-order valence-electron chi connectivity index (χ0n) is 20.2. The van der Waals surface area contributed by atoms with Gasteiger partial charge in [-0.2, -0.15) is 0 Å². The Morgan fingerprint density at radius 3 is 2.79 bits per heavy atom. The predicted molar refractivity (Wildman–Crippen MR) is 138 cm³/mol. The summed E-state index contributed by atoms with van der Waals surface area (Å²) in [5.74, 6) is 1.47. The molecule has 0 bridgehead atoms. The van der Waals surface area contributed by atoms with Crippen molar-refractivity contribution in [2.75, 3.05) is 38.6 Å². The topological polar surface area (TPSA) is 72.8 Å². The van der Waals surface area contributed by atoms with Crippen molar-refractivity contribution in [3.63, 3.8) is 0 Å². The van der Waals surface area contributed by atoms with Crippen LogP contribution in [0.4, 0.5) is 11.5 Å². The molecular formula is C27H37N5O. The summed E-state index contributed by atoms with van der Waals surface area (Å²) in [6.07, 6.45) is 9.32. The summed E-state index contributed by atoms with van der Waals surface area (Å²) in [6.45, 7) is 7.43. The molecule has 0 saturated carbocycles. The number of rotatable bonds is 8. The molecule has 3 N–H and O–H groups in total. The van der Waals surface area contributed by atoms with Crippen molar-refractivity contribution >= 4 is 23.5 Å². The van der Waals surface area contributed by atoms with Gasteiger partial charge in [0.05, 0.1) is 29.0 Å². The van der Waals surface area contributed by atoms with Gasteiger partial charge in [-0.3, -0.25) is 0 Å². The number of aromatic nitrogens is 1. The predicted octanol–water partition coefficient (Wildman–Crippen LogP) is 5.06. The summed E-state index contributed by atoms with van der Waals surface area (Å²) in [7, 11) is 2.03. The Hall–Kier alpha value is -2.70. The number of pyridine rings is 1. The molecule has 6 nitrogen and oxygen atoms in total. The van der Waals surface area contributed by atoms with E-state index < -0.39 is 0 Å². The van der Waals surface area contributed by atoms with Gasteiger partial charge < -0.3 is 20.6 Å². The second kappa shape index (κ2) is 10.9. The van der Waals surface area contributed by atoms with Crippen molar-refractivity contribution in [2.45, 2.75) is 51.9 Å². The first-order valence-electron chi connectivity index (χ1n) is 12.3. The Bertz CT molecular complexity index is 1020. The van der Waals surface area contributed by atoms with Crippen molar-refractivity contribution < 1.29 is 5.11 Å². The molecule has 0 amide bonds. The fraction of sp³-hybridized carbons (Fsp3) is 0.481. The molecule has 176 valence electrons. The molecule has 33 heavy (non-hydrogen) atoms. The minimum absolute atomic E-state index is 0.156. The second-order valence-electron chi connectivity index (χ2n) is 9.08. The van der Waals surface area contributed by atoms with Crippen LogP contribution in [0.1, 0.15) is 61.6 Å². The normalized spacial score (nSPS) is 17.5. The first-order valence-corrected chi connectivity index (χ1v) is 12.3. The zero-order chi connectivity index (χ0) is 23.2. The molecule has 2 aliphatic rings. The molecule has 2 aliphatic heterocycles. The smallest absolute Gasteiger partial charge is 0.138 e. The highest BCUT2D eigenvalue weighted by molar-refractivity contribution is 5.92. The lowest BCUT2D eigenvalue weighted by Crippen LogP contribution is -2.26. The molecule has 0 atom stereocenters. The van der Waals surface area contributed by atoms with Gasteiger partial charge in [0.1, 0.15) is 5.82 Å². The quantitative estimate of drug-likeness (QED) is 0.493. The van der Waals surface area contributed by atoms with Crippen LogP contribution in [-0.2, 0) is 0 Å². The van der Waals surface area contributed by atoms with E-state index in [0.29, 0.717) is 18.9 Å². The number of nitrogens with zero attached hydrogens (tertiary/aromatic N) is 3. The summed E-state index contributed by atoms with van der Waals surface area (Å²) in [5.41, 5.74) is 7.95. The van der Waals surface area contributed by atoms with Crippen LogP contribution in [0.2, 0.25) is 0 Å². The van der Waals surface area contributed by atoms with Crippen LogP contribution < -0.4 is 10.6 Å². The Labute approximate surface area is 197 Å². The van der Waals surface area contributed by atoms with Crippen molar-refractivity contribution in [2.24, 2.45) is 4.99 Å². The fourth-order valence-electron chi connectivity index (χ4n) is 4.79. The Morgan fingerprint density at radius 2 is 2.06 bits per heavy atom. The summed E-state index contributed by atoms with van der Waals surface area (Å²) in [4.78, 5) is 11.9. The third-order valence-electron chi connectivity index (χ3n) is 6.60. The lowest BCUT2D eigenvalue weighted by molar-refractivity contribution is 0.292. The number of benzene rings is 1. The number of aryl methyl sites for hydroxylation is 1. The summed E-state index contributed by atoms with van der Waals surface area (Å²) in [6, 6.07) is 8.89. The number of piperidine rings is 1. The summed E-state index contributed by atoms with van der Waals surface area (Å²) < 4.78 is 0. The third kappa shape index (κ3) is 5.28. The molecule has 0 radical (unpaired) electrons. The molecule has 3 heterocycles. The number of aliphatic imine (C=N–C) groups is 1. The van der Waals surface area contributed by atoms with Crippen LogP contribution in [0.25, 0.3) is 17.0 Å². The largest absolute Gasteiger partial charge is 0.396 e. The van der Waals surface area contributed by atoms with Crippen molar-refractivity contribution in [1.82, 2.24) is 15.2 Å². The number of allylic oxidation sites excluding steroid dienone is 1. The maximum absolute atomic E-state index is 9.28. The first kappa shape index (κ1) is 23.5. The van der Waals surface area contributed by atoms with Crippen LogP contribution in [-0.4, -0.2) is 54.6 Å². The van der Waals surface area contributed by atoms with Crippen LogP contribution in [0.5, 0.6) is 0 Å². The van der Waals surface area contributed by atoms with Gasteiger partial charge in [0.2, 0.25) is 0 Å². The number of aliphatic hydroxyl groups is 1. The Morgan fingerprint density at radius 1 is 1.24 bits per heavy atom. The number of aliphatic hydroxyl groups excluding tert-OH is 1. The molecule has 1 saturated heterocycles. The van der Waals surface area contributed by atoms with Gasteiger partial charge in [0.15, 0.2) is 0 Å². The van der Waals surface area contributed by atoms with E-state index in [-0.39, 0.29) is 6.61 Å². The molecule has 4 rings (SSSR count). The van der Waals surface area contributed by atoms with Crippen molar-refractivity contribution in [1.29, 1.82) is 0 Å². The number of hydrogen-bond donors (Lipinski definition) is 3. The number of fused-ring (bicyclic) bond motifs is 1. The standard InChI is InChI=1S/C27H37N5O/c1-4-5-7-25-26-24(30-18-32(25)3)17-23(31-27(26)29-12-6-15-33)21-8-9-22(19(2)16-21)20-10-13-28-14-11-20/h7-9,16-18,20,28,33H,4-6,10-15H2,1-3H3,(H,29,31)/b25-7+. The van der Waals surface area contributed by atoms with E-state index >= 15 is 0 Å². The first-order chi connectivity index (χ1) is 16.1. The van der Waals surface area contributed by atoms with Crippen molar-refractivity contribution in [3.8, 4) is 11.3 Å². The van der Waals surface area contributed by atoms with E-state index in [0.717, 1.165) is 60.0 Å². The van der Waals surface area contributed by atoms with Gasteiger partial charge in [-0.25, -0.2) is 9.98 Å². The molecule has 1 aromatic heterocycles. The summed E-state index contributed by atoms with van der Waals surface area (Å²) >= 11 is 0. The second-order valence-corrected chi connectivity index (χ2v) is 9.08. The molecule has 6 heteroatoms. The maximum Gasteiger partial charge on any atom is 0.138 e. The fourth-order valence-corrected chi connectivity index (χ4v) is 4.79. The number of nitrogens with one attached hydrogen (secondary N) is 2. The molecule has 1 aromatic carbocycles. The van der Waals surface area contributed by atoms with Gasteiger partial charge in [0.25, 0.3) is 0 Å². The van der Waals surface area contributed by atoms with E-state index in [9.17, 15) is 5.11 Å². The molecule has 0 aliphatic carbocycles. The number of unbranched alkanes of at least 4 members (excludes halogenated alkanes) is 1. The van der Waals surface area contributed by atoms with E-state index in [1.165, 1.54) is 24.0 Å². The summed E-state index contributed by atoms with van der Waals surface area (Å²) in [5, 5.41) is 16.2. The average Bonchev–Trinajstić information content (AvgIpc) is 2.84. The highest BCUT2D eigenvalue weighted by Crippen LogP contribution is 2.40. The van der Waals surface area contributed by atoms with Gasteiger partial charge in [-0.1, -0.05) is 31.6 Å². The molecular weight excluding hydrogens is 410 g/mol. The van der Waals surface area contributed by atoms with Gasteiger partial charge in [-0.05, 0) is 74.9 Å². The monoisotopic (exact) mass is 447 g/mol. The maximum atomic E-state index is 9.28. The third-order valence-corrected chi connectivity index (χ3v) is 6.60. The highest BCUT2D eigenvalue weighted by atomic mass is 16.3. The molecule has 1 fully saturated rings. The minimum atomic E-state index is 0.156. The lowest BCUT2D eigenvalue weighted by atomic mass is 9.86. The van der Waals surface area contributed by atoms with E-state index in [1.54, 1.807) is 0 Å². The van der Waals surface area contributed by atoms with Gasteiger partial charge in [0, 0.05) is 25.8 Å². The molecule has 0 unspecified atom stereocenters. The highest BCUT2D eigenvalue weighted by Gasteiger charge is 2.23. The van der Waals surface area contributed by atoms with Crippen LogP contribution in [0, 0.1) is 6.92 Å². The molecule has 2 aromatic rings. The SMILES string of the molecule is CCC/C=C1\c2c(cc(-c3ccc(C4CCNCC4)c(C)c3)nc2NCCCO)N=CN1C. The zero-order valence-corrected chi connectivity index (χ0v) is 20.2. The van der Waals surface area contributed by atoms with Crippen LogP contribution in [0.15, 0.2) is 35.3 Å². The van der Waals surface area contributed by atoms with Crippen LogP contribution >= 0.6 is 0 Å². The van der Waals surface area contributed by atoms with E-state index in [2.05, 4.69) is 59.7 Å². The van der Waals surface area contributed by atoms with Gasteiger partial charge in [-0.15, -0.1) is 0 Å². The lowest BCUT2D eigenvalue weighted by Gasteiger charge is -2.27. The molecule has 0 spiro atoms. The van der Waals surface area contributed by atoms with Gasteiger partial charge >= 0.3 is 0 Å². The average molecular weight is 448 g/mol. The number of hydrogen-bond acceptors (Lipinski definition) is 6. The van der Waals surface area contributed by atoms with E-state index in [4.69, 9.17) is 9.98 Å². The Kier molecular flexibility index (Phi) is 7.78. The van der Waals surface area contributed by atoms with Crippen molar-refractivity contribution in [3.05, 3.63) is 47.0 Å². The van der Waals surface area contributed by atoms with Crippen LogP contribution in [0.3, 0.4) is 0 Å². The minimum Gasteiger partial charge on any atom is -0.396 e. The van der Waals surface area contributed by atoms with E-state index in [1.807, 2.05) is 13.4 Å². The Balaban J connectivity index is 1.73. The number of anilines is 1.